The Morgan fingerprint density at radius 2 is 2.10 bits per heavy atom. The summed E-state index contributed by atoms with van der Waals surface area (Å²) in [6.45, 7) is 2.57. The summed E-state index contributed by atoms with van der Waals surface area (Å²) in [7, 11) is 0. The van der Waals surface area contributed by atoms with Crippen molar-refractivity contribution in [2.45, 2.75) is 38.1 Å². The highest BCUT2D eigenvalue weighted by molar-refractivity contribution is 5.92. The van der Waals surface area contributed by atoms with Gasteiger partial charge in [-0.15, -0.1) is 0 Å². The predicted molar refractivity (Wildman–Crippen MR) is 81.0 cm³/mol. The van der Waals surface area contributed by atoms with Gasteiger partial charge in [0, 0.05) is 25.2 Å². The van der Waals surface area contributed by atoms with Gasteiger partial charge in [-0.3, -0.25) is 9.59 Å². The molecule has 1 saturated heterocycles. The molecule has 2 rings (SSSR count). The predicted octanol–water partition coefficient (Wildman–Crippen LogP) is 0.798. The molecule has 6 heteroatoms. The van der Waals surface area contributed by atoms with E-state index in [0.717, 1.165) is 38.0 Å². The van der Waals surface area contributed by atoms with E-state index in [0.29, 0.717) is 25.4 Å². The van der Waals surface area contributed by atoms with Crippen LogP contribution in [-0.2, 0) is 4.79 Å². The number of amides is 2. The number of carbonyl (C=O) groups excluding carboxylic acids is 2. The average molecular weight is 292 g/mol. The molecule has 116 valence electrons. The third kappa shape index (κ3) is 4.60. The van der Waals surface area contributed by atoms with Gasteiger partial charge in [-0.25, -0.2) is 0 Å². The Balaban J connectivity index is 1.82. The van der Waals surface area contributed by atoms with E-state index in [2.05, 4.69) is 15.2 Å². The first-order chi connectivity index (χ1) is 10.2. The van der Waals surface area contributed by atoms with Crippen LogP contribution in [0.2, 0.25) is 0 Å². The van der Waals surface area contributed by atoms with Crippen LogP contribution >= 0.6 is 0 Å². The van der Waals surface area contributed by atoms with Gasteiger partial charge in [0.1, 0.15) is 5.69 Å². The van der Waals surface area contributed by atoms with E-state index < -0.39 is 0 Å². The zero-order chi connectivity index (χ0) is 15.1. The summed E-state index contributed by atoms with van der Waals surface area (Å²) in [6.07, 6.45) is 5.94. The summed E-state index contributed by atoms with van der Waals surface area (Å²) in [5.74, 6) is -0.335. The molecule has 0 bridgehead atoms. The number of piperidine rings is 1. The molecule has 21 heavy (non-hydrogen) atoms. The fraction of sp³-hybridized carbons (Fsp3) is 0.600. The molecule has 2 amide bonds. The van der Waals surface area contributed by atoms with Crippen LogP contribution in [0.25, 0.3) is 0 Å². The molecule has 0 aromatic carbocycles. The van der Waals surface area contributed by atoms with Crippen molar-refractivity contribution in [1.82, 2.24) is 15.2 Å². The molecule has 0 spiro atoms. The summed E-state index contributed by atoms with van der Waals surface area (Å²) in [6, 6.07) is 4.18. The van der Waals surface area contributed by atoms with E-state index in [4.69, 9.17) is 5.73 Å². The Hall–Kier alpha value is -1.82. The summed E-state index contributed by atoms with van der Waals surface area (Å²) in [4.78, 5) is 22.9. The number of rotatable bonds is 7. The largest absolute Gasteiger partial charge is 0.370 e. The number of aromatic nitrogens is 1. The summed E-state index contributed by atoms with van der Waals surface area (Å²) in [5.41, 5.74) is 5.80. The molecule has 6 nitrogen and oxygen atoms in total. The smallest absolute Gasteiger partial charge is 0.267 e. The third-order valence-electron chi connectivity index (χ3n) is 3.85. The monoisotopic (exact) mass is 292 g/mol. The third-order valence-corrected chi connectivity index (χ3v) is 3.85. The number of hydrogen-bond acceptors (Lipinski definition) is 3. The van der Waals surface area contributed by atoms with E-state index in [1.165, 1.54) is 0 Å². The van der Waals surface area contributed by atoms with Crippen LogP contribution in [0.4, 0.5) is 0 Å². The molecule has 0 saturated carbocycles. The second-order valence-corrected chi connectivity index (χ2v) is 5.46. The molecule has 0 atom stereocenters. The average Bonchev–Trinajstić information content (AvgIpc) is 2.97. The first-order valence-electron chi connectivity index (χ1n) is 7.62. The Kier molecular flexibility index (Phi) is 5.80. The lowest BCUT2D eigenvalue weighted by atomic mass is 10.1. The van der Waals surface area contributed by atoms with Gasteiger partial charge in [-0.05, 0) is 50.9 Å². The van der Waals surface area contributed by atoms with Crippen molar-refractivity contribution >= 4 is 11.8 Å². The first-order valence-corrected chi connectivity index (χ1v) is 7.62. The molecule has 0 aliphatic carbocycles. The lowest BCUT2D eigenvalue weighted by molar-refractivity contribution is -0.118. The van der Waals surface area contributed by atoms with Gasteiger partial charge in [-0.2, -0.15) is 0 Å². The van der Waals surface area contributed by atoms with Crippen LogP contribution in [0.5, 0.6) is 0 Å². The van der Waals surface area contributed by atoms with E-state index in [1.54, 1.807) is 0 Å². The van der Waals surface area contributed by atoms with Crippen molar-refractivity contribution in [2.75, 3.05) is 19.6 Å². The molecule has 2 heterocycles. The van der Waals surface area contributed by atoms with Gasteiger partial charge in [0.05, 0.1) is 0 Å². The number of nitrogens with two attached hydrogens (primary N) is 1. The van der Waals surface area contributed by atoms with Crippen LogP contribution in [0.1, 0.15) is 48.6 Å². The van der Waals surface area contributed by atoms with Gasteiger partial charge in [0.25, 0.3) is 5.91 Å². The molecular formula is C15H24N4O2. The van der Waals surface area contributed by atoms with Gasteiger partial charge in [0.2, 0.25) is 5.91 Å². The summed E-state index contributed by atoms with van der Waals surface area (Å²) in [5, 5.41) is 6.24. The Morgan fingerprint density at radius 1 is 1.33 bits per heavy atom. The van der Waals surface area contributed by atoms with Crippen molar-refractivity contribution in [3.05, 3.63) is 24.0 Å². The van der Waals surface area contributed by atoms with Crippen LogP contribution in [0, 0.1) is 0 Å². The van der Waals surface area contributed by atoms with Crippen molar-refractivity contribution in [3.8, 4) is 0 Å². The summed E-state index contributed by atoms with van der Waals surface area (Å²) >= 11 is 0. The number of carbonyl (C=O) groups is 2. The van der Waals surface area contributed by atoms with Crippen LogP contribution < -0.4 is 16.4 Å². The number of nitrogens with zero attached hydrogens (tertiary/aromatic N) is 1. The molecule has 1 aromatic heterocycles. The first kappa shape index (κ1) is 15.6. The van der Waals surface area contributed by atoms with Crippen molar-refractivity contribution in [3.63, 3.8) is 0 Å². The van der Waals surface area contributed by atoms with Gasteiger partial charge < -0.3 is 20.9 Å². The molecule has 4 N–H and O–H groups in total. The lowest BCUT2D eigenvalue weighted by Gasteiger charge is -2.25. The zero-order valence-electron chi connectivity index (χ0n) is 12.3. The number of primary amides is 1. The maximum absolute atomic E-state index is 12.2. The quantitative estimate of drug-likeness (QED) is 0.649. The molecular weight excluding hydrogens is 268 g/mol. The van der Waals surface area contributed by atoms with Crippen molar-refractivity contribution in [2.24, 2.45) is 5.73 Å². The minimum atomic E-state index is -0.291. The van der Waals surface area contributed by atoms with Gasteiger partial charge in [-0.1, -0.05) is 0 Å². The topological polar surface area (TPSA) is 89.2 Å². The minimum absolute atomic E-state index is 0.0439. The lowest BCUT2D eigenvalue weighted by Crippen LogP contribution is -2.32. The molecule has 1 aliphatic heterocycles. The van der Waals surface area contributed by atoms with E-state index in [9.17, 15) is 9.59 Å². The minimum Gasteiger partial charge on any atom is -0.370 e. The van der Waals surface area contributed by atoms with E-state index in [1.807, 2.05) is 18.3 Å². The Bertz CT molecular complexity index is 478. The fourth-order valence-corrected chi connectivity index (χ4v) is 2.71. The molecule has 0 unspecified atom stereocenters. The van der Waals surface area contributed by atoms with Crippen LogP contribution in [0.3, 0.4) is 0 Å². The van der Waals surface area contributed by atoms with Crippen LogP contribution in [-0.4, -0.2) is 36.0 Å². The molecule has 0 radical (unpaired) electrons. The maximum Gasteiger partial charge on any atom is 0.267 e. The maximum atomic E-state index is 12.2. The Morgan fingerprint density at radius 3 is 2.81 bits per heavy atom. The SMILES string of the molecule is NC(=O)CCCCNC(=O)c1cccn1C1CCNCC1. The van der Waals surface area contributed by atoms with Gasteiger partial charge >= 0.3 is 0 Å². The highest BCUT2D eigenvalue weighted by Crippen LogP contribution is 2.21. The van der Waals surface area contributed by atoms with Crippen molar-refractivity contribution in [1.29, 1.82) is 0 Å². The zero-order valence-corrected chi connectivity index (χ0v) is 12.3. The van der Waals surface area contributed by atoms with E-state index >= 15 is 0 Å². The van der Waals surface area contributed by atoms with E-state index in [-0.39, 0.29) is 11.8 Å². The number of nitrogens with one attached hydrogen (secondary N) is 2. The highest BCUT2D eigenvalue weighted by Gasteiger charge is 2.19. The second kappa shape index (κ2) is 7.83. The Labute approximate surface area is 125 Å². The van der Waals surface area contributed by atoms with Crippen LogP contribution in [0.15, 0.2) is 18.3 Å². The van der Waals surface area contributed by atoms with Gasteiger partial charge in [0.15, 0.2) is 0 Å². The fourth-order valence-electron chi connectivity index (χ4n) is 2.71. The standard InChI is InChI=1S/C15H24N4O2/c16-14(20)5-1-2-8-18-15(21)13-4-3-11-19(13)12-6-9-17-10-7-12/h3-4,11-12,17H,1-2,5-10H2,(H2,16,20)(H,18,21). The second-order valence-electron chi connectivity index (χ2n) is 5.46. The number of hydrogen-bond donors (Lipinski definition) is 3. The number of unbranched alkanes of at least 4 members (excludes halogenated alkanes) is 1. The molecule has 1 aliphatic rings. The highest BCUT2D eigenvalue weighted by atomic mass is 16.2. The molecule has 1 fully saturated rings. The van der Waals surface area contributed by atoms with Crippen molar-refractivity contribution < 1.29 is 9.59 Å². The normalized spacial score (nSPS) is 15.8. The molecule has 1 aromatic rings. The summed E-state index contributed by atoms with van der Waals surface area (Å²) < 4.78 is 2.08.